The third kappa shape index (κ3) is 119. The molecular weight excluding hydrogens is 326 g/mol. The summed E-state index contributed by atoms with van der Waals surface area (Å²) in [7, 11) is -5.17. The summed E-state index contributed by atoms with van der Waals surface area (Å²) < 4.78 is 75.7. The maximum atomic E-state index is 10.4. The molecule has 0 radical (unpaired) electrons. The van der Waals surface area contributed by atoms with Crippen LogP contribution in [0.25, 0.3) is 0 Å². The number of carbonyl (C=O) groups is 1. The number of hydrogen-bond donors (Lipinski definition) is 0. The smallest absolute Gasteiger partial charge is 0.759 e. The van der Waals surface area contributed by atoms with Crippen LogP contribution in [-0.2, 0) is 15.2 Å². The zero-order valence-corrected chi connectivity index (χ0v) is 16.7. The number of halogens is 4. The van der Waals surface area contributed by atoms with Gasteiger partial charge in [0.1, 0.15) is 5.78 Å². The summed E-state index contributed by atoms with van der Waals surface area (Å²) in [6.45, 7) is 3.06. The second kappa shape index (κ2) is 18.5. The van der Waals surface area contributed by atoms with E-state index in [0.717, 1.165) is 0 Å². The molecule has 0 bridgehead atoms. The van der Waals surface area contributed by atoms with Gasteiger partial charge in [-0.3, -0.25) is 8.42 Å². The fourth-order valence-corrected chi connectivity index (χ4v) is 0. The molecule has 0 N–H and O–H groups in total. The van der Waals surface area contributed by atoms with Crippen LogP contribution >= 0.6 is 0 Å². The maximum Gasteiger partial charge on any atom is 1.00 e. The summed E-state index contributed by atoms with van der Waals surface area (Å²) in [5.41, 5.74) is 0. The van der Waals surface area contributed by atoms with Crippen LogP contribution in [0, 0.1) is 0 Å². The van der Waals surface area contributed by atoms with Crippen molar-refractivity contribution in [2.45, 2.75) is 26.7 Å². The summed E-state index contributed by atoms with van der Waals surface area (Å²) in [5.74, 6) is 0.167. The number of alkyl halides is 4. The molecule has 0 atom stereocenters. The third-order valence-electron chi connectivity index (χ3n) is 0.190. The van der Waals surface area contributed by atoms with Crippen LogP contribution in [0.4, 0.5) is 17.6 Å². The number of rotatable bonds is 1. The number of ketones is 1. The van der Waals surface area contributed by atoms with Gasteiger partial charge in [-0.05, 0) is 13.8 Å². The summed E-state index contributed by atoms with van der Waals surface area (Å²) in [4.78, 5) is 9.44. The minimum Gasteiger partial charge on any atom is -0.759 e. The topological polar surface area (TPSA) is 97.3 Å². The van der Waals surface area contributed by atoms with Crippen molar-refractivity contribution in [3.63, 3.8) is 0 Å². The van der Waals surface area contributed by atoms with Crippen molar-refractivity contribution in [3.05, 3.63) is 0 Å². The van der Waals surface area contributed by atoms with Gasteiger partial charge in [0.15, 0.2) is 0 Å². The molecule has 0 aromatic carbocycles. The van der Waals surface area contributed by atoms with Gasteiger partial charge >= 0.3 is 103 Å². The molecule has 0 rings (SSSR count). The van der Waals surface area contributed by atoms with Gasteiger partial charge in [-0.2, -0.15) is 0 Å². The molecule has 5 nitrogen and oxygen atoms in total. The van der Waals surface area contributed by atoms with Crippen molar-refractivity contribution >= 4 is 16.2 Å². The van der Waals surface area contributed by atoms with Crippen LogP contribution in [0.1, 0.15) is 13.8 Å². The Bertz CT molecular complexity index is 241. The first-order chi connectivity index (χ1) is 6.37. The van der Waals surface area contributed by atoms with Gasteiger partial charge in [-0.25, -0.2) is 17.6 Å². The first-order valence-corrected chi connectivity index (χ1v) is 4.41. The van der Waals surface area contributed by atoms with Crippen LogP contribution in [0.15, 0.2) is 0 Å². The van der Waals surface area contributed by atoms with Crippen LogP contribution in [-0.4, -0.2) is 36.2 Å². The van der Waals surface area contributed by atoms with Gasteiger partial charge in [0.25, 0.3) is 12.9 Å². The Morgan fingerprint density at radius 2 is 1.00 bits per heavy atom. The molecule has 0 aliphatic carbocycles. The molecule has 0 amide bonds. The minimum absolute atomic E-state index is 0. The first-order valence-electron chi connectivity index (χ1n) is 3.08. The quantitative estimate of drug-likeness (QED) is 0.207. The third-order valence-corrected chi connectivity index (χ3v) is 0.190. The Kier molecular flexibility index (Phi) is 34.6. The van der Waals surface area contributed by atoms with E-state index in [2.05, 4.69) is 0 Å². The monoisotopic (exact) mass is 334 g/mol. The molecule has 0 aliphatic heterocycles. The molecule has 94 valence electrons. The van der Waals surface area contributed by atoms with Gasteiger partial charge in [-0.1, -0.05) is 0 Å². The van der Waals surface area contributed by atoms with Crippen molar-refractivity contribution in [2.75, 3.05) is 0 Å². The van der Waals surface area contributed by atoms with Gasteiger partial charge < -0.3 is 13.9 Å². The number of hydrogen-bond acceptors (Lipinski definition) is 5. The zero-order valence-electron chi connectivity index (χ0n) is 9.62. The van der Waals surface area contributed by atoms with Gasteiger partial charge in [0, 0.05) is 10.4 Å². The molecule has 17 heavy (non-hydrogen) atoms. The fraction of sp³-hybridized carbons (Fsp3) is 0.800. The fourth-order valence-electron chi connectivity index (χ4n) is 0. The zero-order chi connectivity index (χ0) is 13.2. The number of carbonyl (C=O) groups excluding carboxylic acids is 1. The van der Waals surface area contributed by atoms with E-state index in [1.807, 2.05) is 0 Å². The van der Waals surface area contributed by atoms with Crippen LogP contribution in [0.3, 0.4) is 0 Å². The Hall–Kier alpha value is 2.53. The van der Waals surface area contributed by atoms with E-state index in [0.29, 0.717) is 0 Å². The minimum atomic E-state index is -5.17. The second-order valence-corrected chi connectivity index (χ2v) is 2.80. The van der Waals surface area contributed by atoms with E-state index < -0.39 is 23.2 Å². The standard InChI is InChI=1S/C3H6O.C2H2F4.2K.H2O4S/c1-3(2)4;3-1(4)2(5)6;;;1-5(2,3)4/h1-2H3;1-2H;;;(H2,1,2,3,4)/q;;2*+1;/p-2. The molecule has 0 saturated carbocycles. The predicted octanol–water partition coefficient (Wildman–Crippen LogP) is -5.22. The van der Waals surface area contributed by atoms with E-state index in [9.17, 15) is 22.4 Å². The van der Waals surface area contributed by atoms with Gasteiger partial charge in [0.05, 0.1) is 0 Å². The average molecular weight is 334 g/mol. The van der Waals surface area contributed by atoms with E-state index in [1.54, 1.807) is 0 Å². The molecule has 0 heterocycles. The SMILES string of the molecule is CC(C)=O.FC(F)C(F)F.O=S(=O)([O-])[O-].[K+].[K+]. The van der Waals surface area contributed by atoms with E-state index in [1.165, 1.54) is 13.8 Å². The predicted molar refractivity (Wildman–Crippen MR) is 38.8 cm³/mol. The summed E-state index contributed by atoms with van der Waals surface area (Å²) in [6.07, 6.45) is -6.96. The van der Waals surface area contributed by atoms with E-state index in [-0.39, 0.29) is 109 Å². The van der Waals surface area contributed by atoms with E-state index in [4.69, 9.17) is 17.5 Å². The molecule has 0 spiro atoms. The summed E-state index contributed by atoms with van der Waals surface area (Å²) >= 11 is 0. The molecule has 0 aromatic heterocycles. The largest absolute Gasteiger partial charge is 1.00 e. The molecular formula is C5H8F4K2O5S. The van der Waals surface area contributed by atoms with Crippen LogP contribution in [0.5, 0.6) is 0 Å². The Labute approximate surface area is 182 Å². The summed E-state index contributed by atoms with van der Waals surface area (Å²) in [5, 5.41) is 0. The molecule has 0 fully saturated rings. The average Bonchev–Trinajstić information content (AvgIpc) is 1.80. The van der Waals surface area contributed by atoms with Crippen molar-refractivity contribution in [2.24, 2.45) is 0 Å². The molecule has 0 aromatic rings. The Balaban J connectivity index is -0.0000000407. The normalized spacial score (nSPS) is 8.82. The Morgan fingerprint density at radius 1 is 0.941 bits per heavy atom. The van der Waals surface area contributed by atoms with Gasteiger partial charge in [-0.15, -0.1) is 0 Å². The van der Waals surface area contributed by atoms with E-state index >= 15 is 0 Å². The maximum absolute atomic E-state index is 10.4. The summed E-state index contributed by atoms with van der Waals surface area (Å²) in [6, 6.07) is 0. The van der Waals surface area contributed by atoms with Crippen LogP contribution in [0.2, 0.25) is 0 Å². The van der Waals surface area contributed by atoms with Crippen molar-refractivity contribution in [1.82, 2.24) is 0 Å². The van der Waals surface area contributed by atoms with Crippen molar-refractivity contribution < 1.29 is 143 Å². The van der Waals surface area contributed by atoms with Crippen molar-refractivity contribution in [1.29, 1.82) is 0 Å². The van der Waals surface area contributed by atoms with Crippen molar-refractivity contribution in [3.8, 4) is 0 Å². The molecule has 0 saturated heterocycles. The van der Waals surface area contributed by atoms with Crippen LogP contribution < -0.4 is 103 Å². The molecule has 12 heteroatoms. The number of Topliss-reactive ketones (excluding diaryl/α,β-unsaturated/α-hetero) is 1. The second-order valence-electron chi connectivity index (χ2n) is 1.99. The molecule has 0 aliphatic rings. The van der Waals surface area contributed by atoms with Gasteiger partial charge in [0.2, 0.25) is 0 Å². The Morgan fingerprint density at radius 3 is 1.00 bits per heavy atom. The molecule has 0 unspecified atom stereocenters. The first kappa shape index (κ1) is 31.8.